The summed E-state index contributed by atoms with van der Waals surface area (Å²) < 4.78 is 5.27. The van der Waals surface area contributed by atoms with E-state index in [4.69, 9.17) is 4.52 Å². The lowest BCUT2D eigenvalue weighted by Crippen LogP contribution is -2.34. The molecule has 1 saturated carbocycles. The molecule has 26 heavy (non-hydrogen) atoms. The number of nitrogens with zero attached hydrogens (tertiary/aromatic N) is 3. The number of urea groups is 1. The molecule has 1 aromatic rings. The molecule has 0 bridgehead atoms. The zero-order chi connectivity index (χ0) is 18.9. The first-order chi connectivity index (χ1) is 12.5. The molecule has 1 aromatic heterocycles. The first-order valence-electron chi connectivity index (χ1n) is 9.45. The van der Waals surface area contributed by atoms with Gasteiger partial charge in [0.1, 0.15) is 0 Å². The van der Waals surface area contributed by atoms with Crippen molar-refractivity contribution in [3.05, 3.63) is 11.7 Å². The minimum atomic E-state index is -0.867. The maximum absolute atomic E-state index is 11.5. The topological polar surface area (TPSA) is 109 Å². The molecule has 0 spiro atoms. The van der Waals surface area contributed by atoms with E-state index in [0.29, 0.717) is 11.7 Å². The lowest BCUT2D eigenvalue weighted by atomic mass is 9.84. The van der Waals surface area contributed by atoms with E-state index < -0.39 is 5.97 Å². The van der Waals surface area contributed by atoms with Gasteiger partial charge in [0.2, 0.25) is 5.89 Å². The highest BCUT2D eigenvalue weighted by atomic mass is 16.5. The third kappa shape index (κ3) is 6.65. The van der Waals surface area contributed by atoms with Gasteiger partial charge in [-0.15, -0.1) is 0 Å². The van der Waals surface area contributed by atoms with Gasteiger partial charge < -0.3 is 19.8 Å². The van der Waals surface area contributed by atoms with Crippen molar-refractivity contribution < 1.29 is 19.2 Å². The Morgan fingerprint density at radius 2 is 2.04 bits per heavy atom. The molecule has 0 aliphatic heterocycles. The van der Waals surface area contributed by atoms with Crippen molar-refractivity contribution in [2.24, 2.45) is 5.92 Å². The number of carboxylic acids is 1. The summed E-state index contributed by atoms with van der Waals surface area (Å²) in [6.07, 6.45) is 9.37. The number of amides is 2. The number of rotatable bonds is 9. The van der Waals surface area contributed by atoms with E-state index in [1.165, 1.54) is 37.0 Å². The minimum Gasteiger partial charge on any atom is -0.481 e. The first-order valence-corrected chi connectivity index (χ1v) is 9.45. The maximum atomic E-state index is 11.5. The van der Waals surface area contributed by atoms with Crippen molar-refractivity contribution in [1.29, 1.82) is 0 Å². The van der Waals surface area contributed by atoms with Crippen LogP contribution in [0.5, 0.6) is 0 Å². The molecule has 8 heteroatoms. The van der Waals surface area contributed by atoms with Gasteiger partial charge in [-0.25, -0.2) is 4.79 Å². The molecule has 2 rings (SSSR count). The third-order valence-electron chi connectivity index (χ3n) is 4.95. The number of carbonyl (C=O) groups is 2. The average molecular weight is 366 g/mol. The van der Waals surface area contributed by atoms with Gasteiger partial charge in [0.25, 0.3) is 0 Å². The molecule has 0 aromatic carbocycles. The predicted octanol–water partition coefficient (Wildman–Crippen LogP) is 3.15. The Kier molecular flexibility index (Phi) is 7.87. The summed E-state index contributed by atoms with van der Waals surface area (Å²) in [4.78, 5) is 28.4. The van der Waals surface area contributed by atoms with Crippen molar-refractivity contribution in [3.63, 3.8) is 0 Å². The van der Waals surface area contributed by atoms with Gasteiger partial charge in [-0.05, 0) is 12.3 Å². The Balaban J connectivity index is 1.87. The number of carboxylic acid groups (broad SMARTS) is 1. The van der Waals surface area contributed by atoms with Gasteiger partial charge in [0.05, 0.1) is 13.0 Å². The van der Waals surface area contributed by atoms with E-state index in [1.807, 2.05) is 0 Å². The fourth-order valence-electron chi connectivity index (χ4n) is 3.47. The molecule has 2 amide bonds. The number of hydrogen-bond acceptors (Lipinski definition) is 5. The Morgan fingerprint density at radius 3 is 2.69 bits per heavy atom. The first kappa shape index (κ1) is 20.2. The lowest BCUT2D eigenvalue weighted by Gasteiger charge is -2.21. The fourth-order valence-corrected chi connectivity index (χ4v) is 3.47. The van der Waals surface area contributed by atoms with Crippen LogP contribution in [-0.4, -0.2) is 46.2 Å². The maximum Gasteiger partial charge on any atom is 0.317 e. The molecule has 1 aliphatic carbocycles. The molecule has 1 unspecified atom stereocenters. The van der Waals surface area contributed by atoms with Gasteiger partial charge in [0.15, 0.2) is 5.82 Å². The standard InChI is InChI=1S/C18H30N4O4/c1-22(2)18(25)19-12-15-20-17(26-21-15)14(11-16(23)24)10-6-9-13-7-4-3-5-8-13/h13-14H,3-12H2,1-2H3,(H,19,25)(H,23,24). The summed E-state index contributed by atoms with van der Waals surface area (Å²) in [5.41, 5.74) is 0. The Morgan fingerprint density at radius 1 is 1.31 bits per heavy atom. The van der Waals surface area contributed by atoms with Gasteiger partial charge in [0, 0.05) is 20.0 Å². The second-order valence-electron chi connectivity index (χ2n) is 7.33. The van der Waals surface area contributed by atoms with E-state index >= 15 is 0 Å². The summed E-state index contributed by atoms with van der Waals surface area (Å²) in [5, 5.41) is 15.7. The average Bonchev–Trinajstić information content (AvgIpc) is 3.08. The number of carbonyl (C=O) groups excluding carboxylic acids is 1. The molecule has 0 radical (unpaired) electrons. The fraction of sp³-hybridized carbons (Fsp3) is 0.778. The van der Waals surface area contributed by atoms with E-state index in [1.54, 1.807) is 14.1 Å². The molecular formula is C18H30N4O4. The van der Waals surface area contributed by atoms with Crippen molar-refractivity contribution in [3.8, 4) is 0 Å². The second kappa shape index (κ2) is 10.1. The van der Waals surface area contributed by atoms with Crippen LogP contribution in [0.2, 0.25) is 0 Å². The Labute approximate surface area is 154 Å². The van der Waals surface area contributed by atoms with Crippen LogP contribution in [0.25, 0.3) is 0 Å². The number of hydrogen-bond donors (Lipinski definition) is 2. The highest BCUT2D eigenvalue weighted by molar-refractivity contribution is 5.73. The van der Waals surface area contributed by atoms with Crippen molar-refractivity contribution in [2.45, 2.75) is 70.3 Å². The number of aromatic nitrogens is 2. The SMILES string of the molecule is CN(C)C(=O)NCc1noc(C(CCCC2CCCCC2)CC(=O)O)n1. The van der Waals surface area contributed by atoms with Crippen LogP contribution in [-0.2, 0) is 11.3 Å². The molecule has 146 valence electrons. The van der Waals surface area contributed by atoms with E-state index in [0.717, 1.165) is 25.2 Å². The van der Waals surface area contributed by atoms with Crippen molar-refractivity contribution >= 4 is 12.0 Å². The molecule has 1 atom stereocenters. The summed E-state index contributed by atoms with van der Waals surface area (Å²) in [6.45, 7) is 0.155. The molecule has 8 nitrogen and oxygen atoms in total. The summed E-state index contributed by atoms with van der Waals surface area (Å²) >= 11 is 0. The zero-order valence-corrected chi connectivity index (χ0v) is 15.7. The van der Waals surface area contributed by atoms with Gasteiger partial charge in [-0.2, -0.15) is 4.98 Å². The zero-order valence-electron chi connectivity index (χ0n) is 15.7. The molecule has 1 aliphatic rings. The van der Waals surface area contributed by atoms with Gasteiger partial charge >= 0.3 is 12.0 Å². The molecule has 1 fully saturated rings. The van der Waals surface area contributed by atoms with E-state index in [9.17, 15) is 14.7 Å². The third-order valence-corrected chi connectivity index (χ3v) is 4.95. The van der Waals surface area contributed by atoms with Crippen LogP contribution in [0.4, 0.5) is 4.79 Å². The summed E-state index contributed by atoms with van der Waals surface area (Å²) in [5.74, 6) is 0.340. The normalized spacial score (nSPS) is 16.2. The van der Waals surface area contributed by atoms with Crippen LogP contribution >= 0.6 is 0 Å². The Hall–Kier alpha value is -2.12. The monoisotopic (exact) mass is 366 g/mol. The molecule has 0 saturated heterocycles. The molecule has 1 heterocycles. The van der Waals surface area contributed by atoms with Gasteiger partial charge in [-0.3, -0.25) is 4.79 Å². The van der Waals surface area contributed by atoms with Crippen LogP contribution in [0.1, 0.15) is 75.4 Å². The summed E-state index contributed by atoms with van der Waals surface area (Å²) in [7, 11) is 3.29. The van der Waals surface area contributed by atoms with Crippen LogP contribution in [0.15, 0.2) is 4.52 Å². The summed E-state index contributed by atoms with van der Waals surface area (Å²) in [6, 6.07) is -0.245. The lowest BCUT2D eigenvalue weighted by molar-refractivity contribution is -0.137. The van der Waals surface area contributed by atoms with E-state index in [2.05, 4.69) is 15.5 Å². The number of nitrogens with one attached hydrogen (secondary N) is 1. The highest BCUT2D eigenvalue weighted by Gasteiger charge is 2.23. The van der Waals surface area contributed by atoms with Crippen molar-refractivity contribution in [2.75, 3.05) is 14.1 Å². The highest BCUT2D eigenvalue weighted by Crippen LogP contribution is 2.31. The molecule has 2 N–H and O–H groups in total. The second-order valence-corrected chi connectivity index (χ2v) is 7.33. The van der Waals surface area contributed by atoms with Gasteiger partial charge in [-0.1, -0.05) is 50.1 Å². The number of aliphatic carboxylic acids is 1. The largest absolute Gasteiger partial charge is 0.481 e. The van der Waals surface area contributed by atoms with Crippen molar-refractivity contribution in [1.82, 2.24) is 20.4 Å². The van der Waals surface area contributed by atoms with Crippen LogP contribution < -0.4 is 5.32 Å². The van der Waals surface area contributed by atoms with Crippen LogP contribution in [0.3, 0.4) is 0 Å². The van der Waals surface area contributed by atoms with E-state index in [-0.39, 0.29) is 24.9 Å². The predicted molar refractivity (Wildman–Crippen MR) is 95.6 cm³/mol. The molecular weight excluding hydrogens is 336 g/mol. The Bertz CT molecular complexity index is 582. The van der Waals surface area contributed by atoms with Crippen LogP contribution in [0, 0.1) is 5.92 Å². The minimum absolute atomic E-state index is 0.0175. The quantitative estimate of drug-likeness (QED) is 0.695. The smallest absolute Gasteiger partial charge is 0.317 e.